The highest BCUT2D eigenvalue weighted by molar-refractivity contribution is 6.42. The number of nitrogens with zero attached hydrogens (tertiary/aromatic N) is 1. The maximum Gasteiger partial charge on any atom is 0.429 e. The van der Waals surface area contributed by atoms with E-state index in [1.165, 1.54) is 25.1 Å². The number of para-hydroxylation sites is 1. The molecule has 1 unspecified atom stereocenters. The quantitative estimate of drug-likeness (QED) is 0.734. The molecule has 114 valence electrons. The molecule has 0 bridgehead atoms. The van der Waals surface area contributed by atoms with E-state index in [9.17, 15) is 18.0 Å². The summed E-state index contributed by atoms with van der Waals surface area (Å²) in [5.74, 6) is 4.34. The van der Waals surface area contributed by atoms with Gasteiger partial charge in [0.1, 0.15) is 0 Å². The molecule has 3 rings (SSSR count). The van der Waals surface area contributed by atoms with Crippen molar-refractivity contribution in [2.75, 3.05) is 5.32 Å². The molecule has 0 radical (unpaired) electrons. The molecule has 22 heavy (non-hydrogen) atoms. The smallest absolute Gasteiger partial charge is 0.321 e. The minimum Gasteiger partial charge on any atom is -0.321 e. The largest absolute Gasteiger partial charge is 0.429 e. The predicted molar refractivity (Wildman–Crippen MR) is 76.4 cm³/mol. The van der Waals surface area contributed by atoms with Crippen LogP contribution < -0.4 is 5.32 Å². The lowest BCUT2D eigenvalue weighted by Crippen LogP contribution is -2.40. The van der Waals surface area contributed by atoms with Crippen LogP contribution in [0.4, 0.5) is 18.9 Å². The third kappa shape index (κ3) is 2.37. The number of anilines is 1. The molecule has 0 aromatic heterocycles. The minimum absolute atomic E-state index is 0.00573. The van der Waals surface area contributed by atoms with E-state index in [0.717, 1.165) is 12.8 Å². The number of amides is 1. The summed E-state index contributed by atoms with van der Waals surface area (Å²) in [6, 6.07) is 5.79. The summed E-state index contributed by atoms with van der Waals surface area (Å²) in [7, 11) is 0. The van der Waals surface area contributed by atoms with Gasteiger partial charge in [-0.25, -0.2) is 0 Å². The van der Waals surface area contributed by atoms with E-state index in [4.69, 9.17) is 0 Å². The predicted octanol–water partition coefficient (Wildman–Crippen LogP) is 3.27. The van der Waals surface area contributed by atoms with Crippen LogP contribution in [-0.4, -0.2) is 17.8 Å². The molecular weight excluding hydrogens is 293 g/mol. The number of aliphatic imine (C=N–C) groups is 1. The van der Waals surface area contributed by atoms with E-state index in [0.29, 0.717) is 0 Å². The number of fused-ring (bicyclic) bond motifs is 1. The molecule has 1 aliphatic heterocycles. The molecule has 3 nitrogen and oxygen atoms in total. The Morgan fingerprint density at radius 1 is 1.32 bits per heavy atom. The van der Waals surface area contributed by atoms with E-state index < -0.39 is 17.6 Å². The van der Waals surface area contributed by atoms with Crippen LogP contribution in [0.3, 0.4) is 0 Å². The Bertz CT molecular complexity index is 723. The first kappa shape index (κ1) is 14.6. The van der Waals surface area contributed by atoms with Crippen molar-refractivity contribution < 1.29 is 18.0 Å². The highest BCUT2D eigenvalue weighted by atomic mass is 19.4. The van der Waals surface area contributed by atoms with Crippen LogP contribution in [0.2, 0.25) is 0 Å². The van der Waals surface area contributed by atoms with Crippen LogP contribution in [0.1, 0.15) is 25.3 Å². The SMILES string of the molecule is CC1=NC(C#CC2CC2)(C(F)(F)F)c2ccccc2NC1=O. The third-order valence-corrected chi connectivity index (χ3v) is 3.67. The highest BCUT2D eigenvalue weighted by Gasteiger charge is 2.58. The summed E-state index contributed by atoms with van der Waals surface area (Å²) in [4.78, 5) is 15.6. The van der Waals surface area contributed by atoms with Crippen molar-refractivity contribution in [3.63, 3.8) is 0 Å². The number of alkyl halides is 3. The summed E-state index contributed by atoms with van der Waals surface area (Å²) in [6.07, 6.45) is -3.11. The highest BCUT2D eigenvalue weighted by Crippen LogP contribution is 2.46. The van der Waals surface area contributed by atoms with Gasteiger partial charge < -0.3 is 5.32 Å². The molecule has 1 aromatic carbocycles. The average Bonchev–Trinajstić information content (AvgIpc) is 3.26. The Hall–Kier alpha value is -2.29. The van der Waals surface area contributed by atoms with Crippen LogP contribution in [0.15, 0.2) is 29.3 Å². The lowest BCUT2D eigenvalue weighted by Gasteiger charge is -2.28. The first-order chi connectivity index (χ1) is 10.3. The van der Waals surface area contributed by atoms with Gasteiger partial charge in [-0.3, -0.25) is 9.79 Å². The van der Waals surface area contributed by atoms with Crippen molar-refractivity contribution in [2.24, 2.45) is 10.9 Å². The fourth-order valence-corrected chi connectivity index (χ4v) is 2.30. The molecular formula is C16H13F3N2O. The Morgan fingerprint density at radius 2 is 2.00 bits per heavy atom. The van der Waals surface area contributed by atoms with E-state index in [1.807, 2.05) is 0 Å². The zero-order valence-electron chi connectivity index (χ0n) is 11.8. The number of nitrogens with one attached hydrogen (secondary N) is 1. The number of carbonyl (C=O) groups is 1. The van der Waals surface area contributed by atoms with Crippen LogP contribution in [0.25, 0.3) is 0 Å². The molecule has 1 amide bonds. The van der Waals surface area contributed by atoms with E-state index in [-0.39, 0.29) is 22.9 Å². The molecule has 1 aromatic rings. The average molecular weight is 306 g/mol. The number of hydrogen-bond acceptors (Lipinski definition) is 2. The molecule has 1 N–H and O–H groups in total. The molecule has 2 aliphatic rings. The second-order valence-corrected chi connectivity index (χ2v) is 5.45. The molecule has 0 saturated heterocycles. The lowest BCUT2D eigenvalue weighted by atomic mass is 9.88. The summed E-state index contributed by atoms with van der Waals surface area (Å²) in [6.45, 7) is 1.26. The summed E-state index contributed by atoms with van der Waals surface area (Å²) < 4.78 is 41.6. The van der Waals surface area contributed by atoms with Crippen molar-refractivity contribution in [3.05, 3.63) is 29.8 Å². The summed E-state index contributed by atoms with van der Waals surface area (Å²) in [5, 5.41) is 2.46. The zero-order chi connectivity index (χ0) is 16.0. The number of rotatable bonds is 0. The normalized spacial score (nSPS) is 24.4. The van der Waals surface area contributed by atoms with Gasteiger partial charge in [0.2, 0.25) is 5.54 Å². The standard InChI is InChI=1S/C16H13F3N2O/c1-10-14(22)20-13-5-3-2-4-12(13)15(21-10,16(17,18)19)9-8-11-6-7-11/h2-5,11H,6-7H2,1H3,(H,20,22). The third-order valence-electron chi connectivity index (χ3n) is 3.67. The molecule has 1 atom stereocenters. The first-order valence-electron chi connectivity index (χ1n) is 6.90. The topological polar surface area (TPSA) is 41.5 Å². The fraction of sp³-hybridized carbons (Fsp3) is 0.375. The summed E-state index contributed by atoms with van der Waals surface area (Å²) >= 11 is 0. The minimum atomic E-state index is -4.72. The second kappa shape index (κ2) is 4.87. The summed E-state index contributed by atoms with van der Waals surface area (Å²) in [5.41, 5.74) is -2.98. The zero-order valence-corrected chi connectivity index (χ0v) is 11.8. The van der Waals surface area contributed by atoms with E-state index >= 15 is 0 Å². The Balaban J connectivity index is 2.29. The molecule has 0 spiro atoms. The monoisotopic (exact) mass is 306 g/mol. The van der Waals surface area contributed by atoms with Crippen LogP contribution in [0.5, 0.6) is 0 Å². The maximum atomic E-state index is 13.9. The Labute approximate surface area is 125 Å². The van der Waals surface area contributed by atoms with Crippen LogP contribution in [-0.2, 0) is 10.3 Å². The molecule has 1 fully saturated rings. The number of halogens is 3. The van der Waals surface area contributed by atoms with Crippen molar-refractivity contribution in [3.8, 4) is 11.8 Å². The molecule has 1 heterocycles. The number of carbonyl (C=O) groups excluding carboxylic acids is 1. The van der Waals surface area contributed by atoms with Crippen molar-refractivity contribution >= 4 is 17.3 Å². The van der Waals surface area contributed by atoms with Gasteiger partial charge in [-0.1, -0.05) is 30.0 Å². The van der Waals surface area contributed by atoms with Gasteiger partial charge in [0, 0.05) is 17.2 Å². The first-order valence-corrected chi connectivity index (χ1v) is 6.90. The van der Waals surface area contributed by atoms with Crippen molar-refractivity contribution in [1.29, 1.82) is 0 Å². The van der Waals surface area contributed by atoms with Gasteiger partial charge in [-0.05, 0) is 25.8 Å². The van der Waals surface area contributed by atoms with Crippen molar-refractivity contribution in [1.82, 2.24) is 0 Å². The Morgan fingerprint density at radius 3 is 2.64 bits per heavy atom. The number of benzene rings is 1. The Kier molecular flexibility index (Phi) is 3.24. The van der Waals surface area contributed by atoms with Gasteiger partial charge in [0.25, 0.3) is 5.91 Å². The molecule has 1 aliphatic carbocycles. The van der Waals surface area contributed by atoms with Gasteiger partial charge in [-0.2, -0.15) is 13.2 Å². The van der Waals surface area contributed by atoms with Crippen LogP contribution >= 0.6 is 0 Å². The van der Waals surface area contributed by atoms with Gasteiger partial charge in [-0.15, -0.1) is 0 Å². The van der Waals surface area contributed by atoms with E-state index in [1.54, 1.807) is 6.07 Å². The fourth-order valence-electron chi connectivity index (χ4n) is 2.30. The second-order valence-electron chi connectivity index (χ2n) is 5.45. The van der Waals surface area contributed by atoms with Crippen LogP contribution in [0, 0.1) is 17.8 Å². The lowest BCUT2D eigenvalue weighted by molar-refractivity contribution is -0.170. The molecule has 6 heteroatoms. The molecule has 1 saturated carbocycles. The maximum absolute atomic E-state index is 13.9. The van der Waals surface area contributed by atoms with E-state index in [2.05, 4.69) is 22.2 Å². The van der Waals surface area contributed by atoms with Gasteiger partial charge in [0.05, 0.1) is 5.71 Å². The van der Waals surface area contributed by atoms with Gasteiger partial charge in [0.15, 0.2) is 0 Å². The number of hydrogen-bond donors (Lipinski definition) is 1. The van der Waals surface area contributed by atoms with Crippen molar-refractivity contribution in [2.45, 2.75) is 31.5 Å². The van der Waals surface area contributed by atoms with Gasteiger partial charge >= 0.3 is 6.18 Å².